The van der Waals surface area contributed by atoms with Gasteiger partial charge >= 0.3 is 0 Å². The molecule has 2 aromatic carbocycles. The van der Waals surface area contributed by atoms with Crippen molar-refractivity contribution in [2.24, 2.45) is 0 Å². The minimum Gasteiger partial charge on any atom is -0.352 e. The SMILES string of the molecule is O=C(NCCCc1nc(-c2ccc(F)cc2)no1)c1ccc(Cl)cc1. The van der Waals surface area contributed by atoms with Crippen molar-refractivity contribution in [1.82, 2.24) is 15.5 Å². The van der Waals surface area contributed by atoms with Crippen LogP contribution in [0, 0.1) is 5.82 Å². The Labute approximate surface area is 148 Å². The van der Waals surface area contributed by atoms with Crippen molar-refractivity contribution in [2.45, 2.75) is 12.8 Å². The quantitative estimate of drug-likeness (QED) is 0.678. The second-order valence-electron chi connectivity index (χ2n) is 5.38. The van der Waals surface area contributed by atoms with Crippen LogP contribution in [0.1, 0.15) is 22.7 Å². The summed E-state index contributed by atoms with van der Waals surface area (Å²) in [6.45, 7) is 0.482. The van der Waals surface area contributed by atoms with E-state index < -0.39 is 0 Å². The smallest absolute Gasteiger partial charge is 0.251 e. The lowest BCUT2D eigenvalue weighted by Gasteiger charge is -2.04. The molecule has 7 heteroatoms. The molecule has 3 aromatic rings. The molecule has 0 aliphatic heterocycles. The number of benzene rings is 2. The number of nitrogens with one attached hydrogen (secondary N) is 1. The lowest BCUT2D eigenvalue weighted by molar-refractivity contribution is 0.0953. The summed E-state index contributed by atoms with van der Waals surface area (Å²) >= 11 is 5.79. The van der Waals surface area contributed by atoms with E-state index in [0.717, 1.165) is 0 Å². The Bertz CT molecular complexity index is 848. The summed E-state index contributed by atoms with van der Waals surface area (Å²) in [5.41, 5.74) is 1.24. The van der Waals surface area contributed by atoms with E-state index in [1.807, 2.05) is 0 Å². The van der Waals surface area contributed by atoms with Crippen molar-refractivity contribution in [3.63, 3.8) is 0 Å². The maximum absolute atomic E-state index is 12.9. The molecule has 0 atom stereocenters. The first kappa shape index (κ1) is 17.1. The summed E-state index contributed by atoms with van der Waals surface area (Å²) in [4.78, 5) is 16.2. The van der Waals surface area contributed by atoms with Gasteiger partial charge in [-0.3, -0.25) is 4.79 Å². The summed E-state index contributed by atoms with van der Waals surface area (Å²) in [5, 5.41) is 7.29. The Morgan fingerprint density at radius 3 is 2.56 bits per heavy atom. The highest BCUT2D eigenvalue weighted by Crippen LogP contribution is 2.16. The topological polar surface area (TPSA) is 68.0 Å². The third kappa shape index (κ3) is 4.64. The zero-order valence-electron chi connectivity index (χ0n) is 13.2. The minimum absolute atomic E-state index is 0.158. The molecule has 1 aromatic heterocycles. The Morgan fingerprint density at radius 2 is 1.84 bits per heavy atom. The van der Waals surface area contributed by atoms with Gasteiger partial charge in [-0.25, -0.2) is 4.39 Å². The van der Waals surface area contributed by atoms with Crippen LogP contribution in [-0.4, -0.2) is 22.6 Å². The normalized spacial score (nSPS) is 10.6. The van der Waals surface area contributed by atoms with Gasteiger partial charge in [-0.1, -0.05) is 16.8 Å². The molecule has 3 rings (SSSR count). The number of carbonyl (C=O) groups is 1. The van der Waals surface area contributed by atoms with Gasteiger partial charge in [-0.2, -0.15) is 4.98 Å². The summed E-state index contributed by atoms with van der Waals surface area (Å²) < 4.78 is 18.1. The van der Waals surface area contributed by atoms with E-state index >= 15 is 0 Å². The molecule has 5 nitrogen and oxygen atoms in total. The van der Waals surface area contributed by atoms with Crippen LogP contribution in [0.3, 0.4) is 0 Å². The minimum atomic E-state index is -0.316. The molecular formula is C18H15ClFN3O2. The second kappa shape index (κ2) is 7.90. The molecular weight excluding hydrogens is 345 g/mol. The first-order valence-electron chi connectivity index (χ1n) is 7.74. The number of hydrogen-bond donors (Lipinski definition) is 1. The molecule has 128 valence electrons. The van der Waals surface area contributed by atoms with Crippen molar-refractivity contribution in [3.05, 3.63) is 70.8 Å². The van der Waals surface area contributed by atoms with E-state index in [0.29, 0.717) is 47.3 Å². The third-order valence-electron chi connectivity index (χ3n) is 3.53. The molecule has 0 spiro atoms. The molecule has 0 fully saturated rings. The Balaban J connectivity index is 1.47. The van der Waals surface area contributed by atoms with Crippen molar-refractivity contribution in [3.8, 4) is 11.4 Å². The molecule has 1 amide bonds. The van der Waals surface area contributed by atoms with Gasteiger partial charge in [-0.05, 0) is 55.0 Å². The van der Waals surface area contributed by atoms with Crippen LogP contribution in [-0.2, 0) is 6.42 Å². The average Bonchev–Trinajstić information content (AvgIpc) is 3.09. The van der Waals surface area contributed by atoms with E-state index in [-0.39, 0.29) is 11.7 Å². The number of carbonyl (C=O) groups excluding carboxylic acids is 1. The number of aromatic nitrogens is 2. The number of amides is 1. The lowest BCUT2D eigenvalue weighted by Crippen LogP contribution is -2.24. The van der Waals surface area contributed by atoms with E-state index in [1.54, 1.807) is 36.4 Å². The fourth-order valence-corrected chi connectivity index (χ4v) is 2.34. The van der Waals surface area contributed by atoms with E-state index in [2.05, 4.69) is 15.5 Å². The predicted octanol–water partition coefficient (Wildman–Crippen LogP) is 3.89. The Hall–Kier alpha value is -2.73. The molecule has 0 bridgehead atoms. The fourth-order valence-electron chi connectivity index (χ4n) is 2.22. The van der Waals surface area contributed by atoms with Gasteiger partial charge in [0.2, 0.25) is 11.7 Å². The summed E-state index contributed by atoms with van der Waals surface area (Å²) in [7, 11) is 0. The van der Waals surface area contributed by atoms with Gasteiger partial charge in [0, 0.05) is 29.1 Å². The predicted molar refractivity (Wildman–Crippen MR) is 91.8 cm³/mol. The highest BCUT2D eigenvalue weighted by atomic mass is 35.5. The molecule has 0 saturated carbocycles. The lowest BCUT2D eigenvalue weighted by atomic mass is 10.2. The van der Waals surface area contributed by atoms with E-state index in [9.17, 15) is 9.18 Å². The van der Waals surface area contributed by atoms with Gasteiger partial charge in [0.05, 0.1) is 0 Å². The summed E-state index contributed by atoms with van der Waals surface area (Å²) in [6, 6.07) is 12.6. The molecule has 0 aliphatic carbocycles. The zero-order chi connectivity index (χ0) is 17.6. The number of aryl methyl sites for hydroxylation is 1. The van der Waals surface area contributed by atoms with Crippen molar-refractivity contribution < 1.29 is 13.7 Å². The molecule has 0 radical (unpaired) electrons. The third-order valence-corrected chi connectivity index (χ3v) is 3.78. The van der Waals surface area contributed by atoms with E-state index in [1.165, 1.54) is 12.1 Å². The summed E-state index contributed by atoms with van der Waals surface area (Å²) in [5.74, 6) is 0.415. The van der Waals surface area contributed by atoms with Crippen LogP contribution in [0.2, 0.25) is 5.02 Å². The monoisotopic (exact) mass is 359 g/mol. The van der Waals surface area contributed by atoms with Gasteiger partial charge in [0.25, 0.3) is 5.91 Å². The first-order chi connectivity index (χ1) is 12.1. The van der Waals surface area contributed by atoms with Crippen molar-refractivity contribution in [2.75, 3.05) is 6.54 Å². The number of rotatable bonds is 6. The van der Waals surface area contributed by atoms with Gasteiger partial charge in [0.15, 0.2) is 0 Å². The van der Waals surface area contributed by atoms with Gasteiger partial charge < -0.3 is 9.84 Å². The molecule has 1 heterocycles. The zero-order valence-corrected chi connectivity index (χ0v) is 14.0. The van der Waals surface area contributed by atoms with Crippen molar-refractivity contribution in [1.29, 1.82) is 0 Å². The van der Waals surface area contributed by atoms with Crippen LogP contribution >= 0.6 is 11.6 Å². The standard InChI is InChI=1S/C18H15ClFN3O2/c19-14-7-3-13(4-8-14)18(24)21-11-1-2-16-22-17(23-25-16)12-5-9-15(20)10-6-12/h3-10H,1-2,11H2,(H,21,24). The average molecular weight is 360 g/mol. The van der Waals surface area contributed by atoms with Crippen LogP contribution in [0.5, 0.6) is 0 Å². The van der Waals surface area contributed by atoms with Crippen LogP contribution in [0.4, 0.5) is 4.39 Å². The number of hydrogen-bond acceptors (Lipinski definition) is 4. The highest BCUT2D eigenvalue weighted by Gasteiger charge is 2.09. The van der Waals surface area contributed by atoms with Gasteiger partial charge in [0.1, 0.15) is 5.82 Å². The molecule has 0 unspecified atom stereocenters. The first-order valence-corrected chi connectivity index (χ1v) is 8.12. The van der Waals surface area contributed by atoms with E-state index in [4.69, 9.17) is 16.1 Å². The Kier molecular flexibility index (Phi) is 5.40. The highest BCUT2D eigenvalue weighted by molar-refractivity contribution is 6.30. The fraction of sp³-hybridized carbons (Fsp3) is 0.167. The number of halogens is 2. The largest absolute Gasteiger partial charge is 0.352 e. The van der Waals surface area contributed by atoms with Crippen molar-refractivity contribution >= 4 is 17.5 Å². The maximum atomic E-state index is 12.9. The number of nitrogens with zero attached hydrogens (tertiary/aromatic N) is 2. The van der Waals surface area contributed by atoms with Gasteiger partial charge in [-0.15, -0.1) is 0 Å². The molecule has 25 heavy (non-hydrogen) atoms. The van der Waals surface area contributed by atoms with Crippen LogP contribution < -0.4 is 5.32 Å². The van der Waals surface area contributed by atoms with Crippen LogP contribution in [0.25, 0.3) is 11.4 Å². The molecule has 1 N–H and O–H groups in total. The second-order valence-corrected chi connectivity index (χ2v) is 5.82. The summed E-state index contributed by atoms with van der Waals surface area (Å²) in [6.07, 6.45) is 1.19. The molecule has 0 saturated heterocycles. The van der Waals surface area contributed by atoms with Crippen LogP contribution in [0.15, 0.2) is 53.1 Å². The Morgan fingerprint density at radius 1 is 1.12 bits per heavy atom. The maximum Gasteiger partial charge on any atom is 0.251 e. The molecule has 0 aliphatic rings.